The Labute approximate surface area is 63.1 Å². The Morgan fingerprint density at radius 1 is 1.90 bits per heavy atom. The Morgan fingerprint density at radius 2 is 2.60 bits per heavy atom. The highest BCUT2D eigenvalue weighted by Crippen LogP contribution is 2.13. The van der Waals surface area contributed by atoms with Gasteiger partial charge in [-0.3, -0.25) is 14.3 Å². The number of rotatable bonds is 1. The molecule has 1 saturated heterocycles. The second-order valence-corrected chi connectivity index (χ2v) is 2.84. The first kappa shape index (κ1) is 7.84. The fourth-order valence-corrected chi connectivity index (χ4v) is 1.42. The first-order chi connectivity index (χ1) is 4.70. The van der Waals surface area contributed by atoms with Crippen LogP contribution in [0.15, 0.2) is 0 Å². The monoisotopic (exact) mass is 163 g/mol. The summed E-state index contributed by atoms with van der Waals surface area (Å²) < 4.78 is 5.00. The van der Waals surface area contributed by atoms with E-state index in [4.69, 9.17) is 9.29 Å². The van der Waals surface area contributed by atoms with E-state index in [1.54, 1.807) is 6.92 Å². The summed E-state index contributed by atoms with van der Waals surface area (Å²) in [5.74, 6) is -0.345. The highest BCUT2D eigenvalue weighted by molar-refractivity contribution is 7.94. The lowest BCUT2D eigenvalue weighted by atomic mass is 10.3. The predicted molar refractivity (Wildman–Crippen MR) is 37.6 cm³/mol. The third-order valence-electron chi connectivity index (χ3n) is 1.18. The quantitative estimate of drug-likeness (QED) is 0.535. The minimum absolute atomic E-state index is 0.167. The Morgan fingerprint density at radius 3 is 3.00 bits per heavy atom. The van der Waals surface area contributed by atoms with Crippen molar-refractivity contribution in [1.29, 1.82) is 0 Å². The van der Waals surface area contributed by atoms with Crippen LogP contribution in [0.2, 0.25) is 0 Å². The van der Waals surface area contributed by atoms with Crippen molar-refractivity contribution in [2.24, 2.45) is 0 Å². The number of aliphatic carboxylic acids is 1. The molecule has 0 aromatic rings. The normalized spacial score (nSPS) is 33.7. The summed E-state index contributed by atoms with van der Waals surface area (Å²) in [6.45, 7) is 1.78. The topological polar surface area (TPSA) is 58.6 Å². The van der Waals surface area contributed by atoms with Gasteiger partial charge in [-0.1, -0.05) is 0 Å². The third-order valence-corrected chi connectivity index (χ3v) is 2.08. The third kappa shape index (κ3) is 1.86. The van der Waals surface area contributed by atoms with E-state index < -0.39 is 12.0 Å². The van der Waals surface area contributed by atoms with Crippen LogP contribution in [0.5, 0.6) is 0 Å². The molecule has 1 aliphatic rings. The van der Waals surface area contributed by atoms with Gasteiger partial charge in [-0.15, -0.1) is 0 Å². The van der Waals surface area contributed by atoms with Crippen LogP contribution < -0.4 is 5.32 Å². The molecule has 1 aliphatic heterocycles. The molecule has 0 bridgehead atoms. The molecule has 2 atom stereocenters. The summed E-state index contributed by atoms with van der Waals surface area (Å²) in [7, 11) is 0. The van der Waals surface area contributed by atoms with Gasteiger partial charge in [0.2, 0.25) is 0 Å². The van der Waals surface area contributed by atoms with E-state index in [0.29, 0.717) is 5.75 Å². The van der Waals surface area contributed by atoms with E-state index in [2.05, 4.69) is 5.32 Å². The van der Waals surface area contributed by atoms with Crippen molar-refractivity contribution < 1.29 is 14.1 Å². The Kier molecular flexibility index (Phi) is 2.53. The molecule has 5 heteroatoms. The smallest absolute Gasteiger partial charge is 0.321 e. The van der Waals surface area contributed by atoms with E-state index in [1.165, 1.54) is 12.0 Å². The molecule has 58 valence electrons. The molecule has 1 fully saturated rings. The maximum absolute atomic E-state index is 10.4. The molecule has 0 amide bonds. The van der Waals surface area contributed by atoms with Crippen molar-refractivity contribution in [2.75, 3.05) is 5.75 Å². The second kappa shape index (κ2) is 3.23. The minimum atomic E-state index is -0.817. The zero-order valence-corrected chi connectivity index (χ0v) is 6.35. The molecule has 0 aromatic heterocycles. The fraction of sp³-hybridized carbons (Fsp3) is 0.800. The summed E-state index contributed by atoms with van der Waals surface area (Å²) >= 11 is 1.20. The lowest BCUT2D eigenvalue weighted by molar-refractivity contribution is -0.139. The molecular formula is C5H9NO3S. The van der Waals surface area contributed by atoms with Crippen molar-refractivity contribution in [3.63, 3.8) is 0 Å². The van der Waals surface area contributed by atoms with Crippen molar-refractivity contribution in [2.45, 2.75) is 19.2 Å². The van der Waals surface area contributed by atoms with Gasteiger partial charge in [-0.25, -0.2) is 0 Å². The minimum Gasteiger partial charge on any atom is -0.480 e. The molecule has 1 heterocycles. The zero-order chi connectivity index (χ0) is 7.56. The van der Waals surface area contributed by atoms with Crippen LogP contribution >= 0.6 is 12.0 Å². The van der Waals surface area contributed by atoms with Crippen LogP contribution in [0.3, 0.4) is 0 Å². The van der Waals surface area contributed by atoms with Gasteiger partial charge < -0.3 is 5.11 Å². The van der Waals surface area contributed by atoms with Crippen LogP contribution in [-0.2, 0) is 8.98 Å². The van der Waals surface area contributed by atoms with Crippen molar-refractivity contribution in [1.82, 2.24) is 5.32 Å². The first-order valence-corrected chi connectivity index (χ1v) is 3.88. The number of carboxylic acids is 1. The maximum Gasteiger partial charge on any atom is 0.321 e. The Hall–Kier alpha value is -0.260. The van der Waals surface area contributed by atoms with Gasteiger partial charge in [-0.2, -0.15) is 0 Å². The molecule has 0 spiro atoms. The number of carbonyl (C=O) groups is 1. The van der Waals surface area contributed by atoms with Crippen LogP contribution in [0.1, 0.15) is 6.92 Å². The van der Waals surface area contributed by atoms with Gasteiger partial charge in [0.15, 0.2) is 0 Å². The summed E-state index contributed by atoms with van der Waals surface area (Å²) in [5, 5.41) is 11.3. The average Bonchev–Trinajstić information content (AvgIpc) is 1.88. The van der Waals surface area contributed by atoms with Crippen molar-refractivity contribution >= 4 is 18.0 Å². The van der Waals surface area contributed by atoms with E-state index in [0.717, 1.165) is 0 Å². The Balaban J connectivity index is 2.39. The molecule has 0 radical (unpaired) electrons. The highest BCUT2D eigenvalue weighted by Gasteiger charge is 2.24. The lowest BCUT2D eigenvalue weighted by Crippen LogP contribution is -2.47. The van der Waals surface area contributed by atoms with Gasteiger partial charge in [0, 0.05) is 5.75 Å². The van der Waals surface area contributed by atoms with Gasteiger partial charge in [0.05, 0.1) is 0 Å². The van der Waals surface area contributed by atoms with Gasteiger partial charge >= 0.3 is 5.97 Å². The van der Waals surface area contributed by atoms with Crippen molar-refractivity contribution in [3.8, 4) is 0 Å². The van der Waals surface area contributed by atoms with Crippen LogP contribution in [0, 0.1) is 0 Å². The van der Waals surface area contributed by atoms with Gasteiger partial charge in [-0.05, 0) is 19.0 Å². The van der Waals surface area contributed by atoms with E-state index in [-0.39, 0.29) is 6.23 Å². The van der Waals surface area contributed by atoms with E-state index >= 15 is 0 Å². The molecule has 1 unspecified atom stereocenters. The molecule has 2 N–H and O–H groups in total. The largest absolute Gasteiger partial charge is 0.480 e. The SMILES string of the molecule is CC1N[C@H](C(=O)O)CSO1. The summed E-state index contributed by atoms with van der Waals surface area (Å²) in [6.07, 6.45) is -0.167. The lowest BCUT2D eigenvalue weighted by Gasteiger charge is -2.24. The maximum atomic E-state index is 10.4. The standard InChI is InChI=1S/C5H9NO3S/c1-3-6-4(5(7)8)2-10-9-3/h3-4,6H,2H2,1H3,(H,7,8)/t3?,4-/m0/s1. The fourth-order valence-electron chi connectivity index (χ4n) is 0.711. The average molecular weight is 163 g/mol. The van der Waals surface area contributed by atoms with Crippen molar-refractivity contribution in [3.05, 3.63) is 0 Å². The molecule has 1 rings (SSSR count). The molecular weight excluding hydrogens is 154 g/mol. The summed E-state index contributed by atoms with van der Waals surface area (Å²) in [6, 6.07) is -0.464. The predicted octanol–water partition coefficient (Wildman–Crippen LogP) is 0.0536. The number of hydrogen-bond donors (Lipinski definition) is 2. The second-order valence-electron chi connectivity index (χ2n) is 2.08. The number of nitrogens with one attached hydrogen (secondary N) is 1. The summed E-state index contributed by atoms with van der Waals surface area (Å²) in [5.41, 5.74) is 0. The number of hydrogen-bond acceptors (Lipinski definition) is 4. The zero-order valence-electron chi connectivity index (χ0n) is 5.53. The molecule has 0 aromatic carbocycles. The molecule has 0 saturated carbocycles. The van der Waals surface area contributed by atoms with Gasteiger partial charge in [0.1, 0.15) is 12.3 Å². The van der Waals surface area contributed by atoms with Crippen LogP contribution in [-0.4, -0.2) is 29.1 Å². The highest BCUT2D eigenvalue weighted by atomic mass is 32.2. The summed E-state index contributed by atoms with van der Waals surface area (Å²) in [4.78, 5) is 10.4. The van der Waals surface area contributed by atoms with Crippen LogP contribution in [0.25, 0.3) is 0 Å². The Bertz CT molecular complexity index is 141. The number of carboxylic acid groups (broad SMARTS) is 1. The first-order valence-electron chi connectivity index (χ1n) is 2.97. The molecule has 4 nitrogen and oxygen atoms in total. The van der Waals surface area contributed by atoms with Crippen LogP contribution in [0.4, 0.5) is 0 Å². The molecule has 0 aliphatic carbocycles. The van der Waals surface area contributed by atoms with E-state index in [9.17, 15) is 4.79 Å². The molecule has 10 heavy (non-hydrogen) atoms. The van der Waals surface area contributed by atoms with Gasteiger partial charge in [0.25, 0.3) is 0 Å². The van der Waals surface area contributed by atoms with E-state index in [1.807, 2.05) is 0 Å².